The Bertz CT molecular complexity index is 816. The van der Waals surface area contributed by atoms with Crippen LogP contribution in [-0.2, 0) is 24.3 Å². The van der Waals surface area contributed by atoms with E-state index in [9.17, 15) is 4.39 Å². The van der Waals surface area contributed by atoms with Crippen molar-refractivity contribution in [3.8, 4) is 5.75 Å². The molecule has 0 aliphatic carbocycles. The Morgan fingerprint density at radius 2 is 2.21 bits per heavy atom. The van der Waals surface area contributed by atoms with Crippen LogP contribution in [0.15, 0.2) is 29.3 Å². The number of rotatable bonds is 7. The minimum atomic E-state index is -0.365. The van der Waals surface area contributed by atoms with Gasteiger partial charge in [0.05, 0.1) is 13.1 Å². The number of hydrogen-bond acceptors (Lipinski definition) is 5. The van der Waals surface area contributed by atoms with Gasteiger partial charge in [-0.15, -0.1) is 24.0 Å². The van der Waals surface area contributed by atoms with Gasteiger partial charge in [0.15, 0.2) is 23.4 Å². The lowest BCUT2D eigenvalue weighted by Crippen LogP contribution is -2.48. The van der Waals surface area contributed by atoms with E-state index in [-0.39, 0.29) is 47.7 Å². The van der Waals surface area contributed by atoms with Crippen LogP contribution in [0.1, 0.15) is 25.0 Å². The number of methoxy groups -OCH3 is 1. The smallest absolute Gasteiger partial charge is 0.191 e. The highest BCUT2D eigenvalue weighted by molar-refractivity contribution is 14.0. The number of aryl methyl sites for hydroxylation is 1. The van der Waals surface area contributed by atoms with E-state index >= 15 is 0 Å². The maximum absolute atomic E-state index is 13.7. The number of hydrogen-bond donors (Lipinski definition) is 2. The van der Waals surface area contributed by atoms with Crippen LogP contribution in [-0.4, -0.2) is 53.6 Å². The standard InChI is InChI=1S/C19H27FN6O2.HI/c1-13(28-16-7-5-4-6-15(16)20)10-22-19(21-2)23-14-8-9-18-24-17(12-27-3)25-26(18)11-14;/h4-7,13-14H,8-12H2,1-3H3,(H2,21,22,23);1H. The highest BCUT2D eigenvalue weighted by atomic mass is 127. The Kier molecular flexibility index (Phi) is 9.08. The van der Waals surface area contributed by atoms with E-state index in [1.165, 1.54) is 6.07 Å². The first-order valence-electron chi connectivity index (χ1n) is 9.39. The third-order valence-corrected chi connectivity index (χ3v) is 4.46. The molecule has 1 aliphatic rings. The normalized spacial score (nSPS) is 17.1. The predicted octanol–water partition coefficient (Wildman–Crippen LogP) is 2.13. The number of benzene rings is 1. The summed E-state index contributed by atoms with van der Waals surface area (Å²) in [6.07, 6.45) is 1.56. The first-order valence-corrected chi connectivity index (χ1v) is 9.39. The van der Waals surface area contributed by atoms with Gasteiger partial charge in [0.25, 0.3) is 0 Å². The average Bonchev–Trinajstić information content (AvgIpc) is 3.09. The molecule has 0 bridgehead atoms. The molecule has 2 N–H and O–H groups in total. The summed E-state index contributed by atoms with van der Waals surface area (Å²) >= 11 is 0. The van der Waals surface area contributed by atoms with Crippen molar-refractivity contribution in [1.82, 2.24) is 25.4 Å². The zero-order chi connectivity index (χ0) is 19.9. The highest BCUT2D eigenvalue weighted by Gasteiger charge is 2.22. The van der Waals surface area contributed by atoms with Crippen molar-refractivity contribution in [3.05, 3.63) is 41.7 Å². The number of ether oxygens (including phenoxy) is 2. The van der Waals surface area contributed by atoms with Crippen molar-refractivity contribution in [1.29, 1.82) is 0 Å². The number of aromatic nitrogens is 3. The largest absolute Gasteiger partial charge is 0.486 e. The van der Waals surface area contributed by atoms with E-state index in [1.54, 1.807) is 32.4 Å². The molecule has 2 unspecified atom stereocenters. The summed E-state index contributed by atoms with van der Waals surface area (Å²) in [7, 11) is 3.36. The molecule has 2 heterocycles. The Hall–Kier alpha value is -1.95. The van der Waals surface area contributed by atoms with E-state index in [1.807, 2.05) is 11.6 Å². The number of nitrogens with one attached hydrogen (secondary N) is 2. The second kappa shape index (κ2) is 11.3. The third kappa shape index (κ3) is 6.53. The highest BCUT2D eigenvalue weighted by Crippen LogP contribution is 2.17. The molecule has 0 radical (unpaired) electrons. The van der Waals surface area contributed by atoms with Crippen LogP contribution in [0.4, 0.5) is 4.39 Å². The Morgan fingerprint density at radius 1 is 1.41 bits per heavy atom. The first kappa shape index (κ1) is 23.3. The van der Waals surface area contributed by atoms with E-state index in [4.69, 9.17) is 9.47 Å². The van der Waals surface area contributed by atoms with E-state index < -0.39 is 0 Å². The Morgan fingerprint density at radius 3 is 2.93 bits per heavy atom. The van der Waals surface area contributed by atoms with Crippen LogP contribution in [0.3, 0.4) is 0 Å². The van der Waals surface area contributed by atoms with E-state index in [2.05, 4.69) is 25.7 Å². The number of para-hydroxylation sites is 1. The number of fused-ring (bicyclic) bond motifs is 1. The quantitative estimate of drug-likeness (QED) is 0.332. The van der Waals surface area contributed by atoms with Crippen LogP contribution < -0.4 is 15.4 Å². The number of guanidine groups is 1. The topological polar surface area (TPSA) is 85.6 Å². The molecule has 1 aromatic carbocycles. The van der Waals surface area contributed by atoms with Gasteiger partial charge in [-0.2, -0.15) is 5.10 Å². The predicted molar refractivity (Wildman–Crippen MR) is 119 cm³/mol. The molecule has 3 rings (SSSR count). The summed E-state index contributed by atoms with van der Waals surface area (Å²) in [5.41, 5.74) is 0. The van der Waals surface area contributed by atoms with Crippen LogP contribution in [0.2, 0.25) is 0 Å². The van der Waals surface area contributed by atoms with Gasteiger partial charge < -0.3 is 20.1 Å². The second-order valence-corrected chi connectivity index (χ2v) is 6.75. The minimum Gasteiger partial charge on any atom is -0.486 e. The number of aliphatic imine (C=N–C) groups is 1. The van der Waals surface area contributed by atoms with Crippen molar-refractivity contribution in [2.24, 2.45) is 4.99 Å². The molecule has 0 spiro atoms. The van der Waals surface area contributed by atoms with Crippen molar-refractivity contribution in [2.45, 2.75) is 45.1 Å². The summed E-state index contributed by atoms with van der Waals surface area (Å²) in [5.74, 6) is 2.25. The fourth-order valence-electron chi connectivity index (χ4n) is 3.10. The zero-order valence-electron chi connectivity index (χ0n) is 16.9. The summed E-state index contributed by atoms with van der Waals surface area (Å²) < 4.78 is 26.4. The summed E-state index contributed by atoms with van der Waals surface area (Å²) in [4.78, 5) is 8.76. The van der Waals surface area contributed by atoms with E-state index in [0.717, 1.165) is 18.7 Å². The van der Waals surface area contributed by atoms with Crippen LogP contribution in [0.25, 0.3) is 0 Å². The van der Waals surface area contributed by atoms with Gasteiger partial charge in [0.1, 0.15) is 18.5 Å². The molecular weight excluding hydrogens is 490 g/mol. The van der Waals surface area contributed by atoms with Gasteiger partial charge in [0.2, 0.25) is 0 Å². The molecule has 1 aliphatic heterocycles. The average molecular weight is 518 g/mol. The summed E-state index contributed by atoms with van der Waals surface area (Å²) in [6.45, 7) is 3.51. The SMILES string of the molecule is CN=C(NCC(C)Oc1ccccc1F)NC1CCc2nc(COC)nn2C1.I. The lowest BCUT2D eigenvalue weighted by Gasteiger charge is -2.26. The minimum absolute atomic E-state index is 0. The fraction of sp³-hybridized carbons (Fsp3) is 0.526. The molecule has 0 fully saturated rings. The van der Waals surface area contributed by atoms with Gasteiger partial charge in [0, 0.05) is 26.6 Å². The molecule has 29 heavy (non-hydrogen) atoms. The first-order chi connectivity index (χ1) is 13.6. The molecule has 2 aromatic rings. The van der Waals surface area contributed by atoms with Gasteiger partial charge in [-0.25, -0.2) is 14.1 Å². The lowest BCUT2D eigenvalue weighted by atomic mass is 10.1. The van der Waals surface area contributed by atoms with Gasteiger partial charge >= 0.3 is 0 Å². The van der Waals surface area contributed by atoms with Crippen molar-refractivity contribution in [2.75, 3.05) is 20.7 Å². The molecule has 1 aromatic heterocycles. The maximum atomic E-state index is 13.7. The van der Waals surface area contributed by atoms with Crippen molar-refractivity contribution < 1.29 is 13.9 Å². The Balaban J connectivity index is 0.00000300. The van der Waals surface area contributed by atoms with Gasteiger partial charge in [-0.05, 0) is 25.5 Å². The molecule has 0 saturated carbocycles. The Labute approximate surface area is 187 Å². The molecule has 8 nitrogen and oxygen atoms in total. The lowest BCUT2D eigenvalue weighted by molar-refractivity contribution is 0.177. The third-order valence-electron chi connectivity index (χ3n) is 4.46. The van der Waals surface area contributed by atoms with Gasteiger partial charge in [-0.3, -0.25) is 4.99 Å². The monoisotopic (exact) mass is 518 g/mol. The van der Waals surface area contributed by atoms with Crippen LogP contribution >= 0.6 is 24.0 Å². The maximum Gasteiger partial charge on any atom is 0.191 e. The summed E-state index contributed by atoms with van der Waals surface area (Å²) in [6, 6.07) is 6.58. The van der Waals surface area contributed by atoms with E-state index in [0.29, 0.717) is 31.5 Å². The number of nitrogens with zero attached hydrogens (tertiary/aromatic N) is 4. The second-order valence-electron chi connectivity index (χ2n) is 6.75. The summed E-state index contributed by atoms with van der Waals surface area (Å²) in [5, 5.41) is 11.1. The molecule has 2 atom stereocenters. The van der Waals surface area contributed by atoms with Crippen LogP contribution in [0.5, 0.6) is 5.75 Å². The number of halogens is 2. The van der Waals surface area contributed by atoms with Crippen LogP contribution in [0, 0.1) is 5.82 Å². The van der Waals surface area contributed by atoms with Crippen molar-refractivity contribution >= 4 is 29.9 Å². The molecule has 0 amide bonds. The van der Waals surface area contributed by atoms with Gasteiger partial charge in [-0.1, -0.05) is 12.1 Å². The molecule has 0 saturated heterocycles. The molecular formula is C19H28FIN6O2. The molecule has 160 valence electrons. The fourth-order valence-corrected chi connectivity index (χ4v) is 3.10. The molecule has 10 heteroatoms. The zero-order valence-corrected chi connectivity index (χ0v) is 19.2. The van der Waals surface area contributed by atoms with Crippen molar-refractivity contribution in [3.63, 3.8) is 0 Å².